The molecule has 19 heavy (non-hydrogen) atoms. The minimum atomic E-state index is -0.764. The van der Waals surface area contributed by atoms with Gasteiger partial charge in [0.1, 0.15) is 11.5 Å². The third kappa shape index (κ3) is 3.78. The number of rotatable bonds is 6. The van der Waals surface area contributed by atoms with Crippen LogP contribution >= 0.6 is 0 Å². The highest BCUT2D eigenvalue weighted by Crippen LogP contribution is 2.34. The predicted octanol–water partition coefficient (Wildman–Crippen LogP) is 2.88. The molecule has 1 unspecified atom stereocenters. The van der Waals surface area contributed by atoms with Crippen LogP contribution in [0.3, 0.4) is 0 Å². The molecule has 1 rings (SSSR count). The molecule has 0 aromatic carbocycles. The summed E-state index contributed by atoms with van der Waals surface area (Å²) < 4.78 is 10.6. The van der Waals surface area contributed by atoms with Gasteiger partial charge in [-0.1, -0.05) is 32.6 Å². The number of hydrogen-bond acceptors (Lipinski definition) is 4. The Labute approximate surface area is 115 Å². The highest BCUT2D eigenvalue weighted by Gasteiger charge is 2.44. The minimum Gasteiger partial charge on any atom is -0.468 e. The van der Waals surface area contributed by atoms with Gasteiger partial charge in [-0.05, 0) is 26.2 Å². The van der Waals surface area contributed by atoms with Crippen molar-refractivity contribution in [1.29, 1.82) is 0 Å². The summed E-state index contributed by atoms with van der Waals surface area (Å²) in [6, 6.07) is 0. The fraction of sp³-hybridized carbons (Fsp3) is 0.867. The van der Waals surface area contributed by atoms with Gasteiger partial charge >= 0.3 is 5.97 Å². The topological polar surface area (TPSA) is 52.6 Å². The van der Waals surface area contributed by atoms with Gasteiger partial charge < -0.3 is 9.47 Å². The van der Waals surface area contributed by atoms with Crippen molar-refractivity contribution in [1.82, 2.24) is 0 Å². The van der Waals surface area contributed by atoms with Crippen molar-refractivity contribution in [3.8, 4) is 0 Å². The lowest BCUT2D eigenvalue weighted by atomic mass is 9.81. The second kappa shape index (κ2) is 7.63. The fourth-order valence-corrected chi connectivity index (χ4v) is 2.96. The van der Waals surface area contributed by atoms with E-state index in [1.807, 2.05) is 13.8 Å². The molecule has 0 amide bonds. The van der Waals surface area contributed by atoms with Crippen LogP contribution in [0.5, 0.6) is 0 Å². The Bertz CT molecular complexity index is 303. The molecule has 0 radical (unpaired) electrons. The van der Waals surface area contributed by atoms with Gasteiger partial charge in [-0.15, -0.1) is 0 Å². The van der Waals surface area contributed by atoms with Crippen molar-refractivity contribution in [3.63, 3.8) is 0 Å². The first-order valence-electron chi connectivity index (χ1n) is 7.37. The normalized spacial score (nSPS) is 20.4. The number of methoxy groups -OCH3 is 1. The molecule has 0 spiro atoms. The molecule has 0 saturated heterocycles. The third-order valence-electron chi connectivity index (χ3n) is 3.99. The zero-order valence-electron chi connectivity index (χ0n) is 12.4. The minimum absolute atomic E-state index is 0.0781. The monoisotopic (exact) mass is 270 g/mol. The van der Waals surface area contributed by atoms with Gasteiger partial charge in [0.2, 0.25) is 0 Å². The van der Waals surface area contributed by atoms with Crippen LogP contribution in [0.1, 0.15) is 58.8 Å². The maximum absolute atomic E-state index is 12.8. The molecule has 110 valence electrons. The van der Waals surface area contributed by atoms with Crippen molar-refractivity contribution < 1.29 is 19.1 Å². The summed E-state index contributed by atoms with van der Waals surface area (Å²) >= 11 is 0. The first kappa shape index (κ1) is 16.2. The van der Waals surface area contributed by atoms with E-state index in [1.165, 1.54) is 7.11 Å². The second-order valence-corrected chi connectivity index (χ2v) is 5.19. The maximum Gasteiger partial charge on any atom is 0.316 e. The summed E-state index contributed by atoms with van der Waals surface area (Å²) in [6.07, 6.45) is 6.18. The molecule has 1 fully saturated rings. The van der Waals surface area contributed by atoms with Gasteiger partial charge in [-0.2, -0.15) is 0 Å². The standard InChI is InChI=1S/C15H26O4/c1-4-12(14(17)18-3)13(16)15(19-5-2)10-8-6-7-9-11-15/h12H,4-11H2,1-3H3. The first-order chi connectivity index (χ1) is 9.11. The molecule has 4 heteroatoms. The van der Waals surface area contributed by atoms with Crippen LogP contribution in [-0.2, 0) is 19.1 Å². The van der Waals surface area contributed by atoms with Crippen LogP contribution in [0.2, 0.25) is 0 Å². The van der Waals surface area contributed by atoms with Crippen LogP contribution in [-0.4, -0.2) is 31.1 Å². The second-order valence-electron chi connectivity index (χ2n) is 5.19. The smallest absolute Gasteiger partial charge is 0.316 e. The molecule has 1 aliphatic carbocycles. The van der Waals surface area contributed by atoms with Crippen LogP contribution in [0.4, 0.5) is 0 Å². The van der Waals surface area contributed by atoms with Crippen LogP contribution in [0.25, 0.3) is 0 Å². The van der Waals surface area contributed by atoms with Crippen molar-refractivity contribution in [2.45, 2.75) is 64.4 Å². The largest absolute Gasteiger partial charge is 0.468 e. The van der Waals surface area contributed by atoms with Gasteiger partial charge in [0.25, 0.3) is 0 Å². The van der Waals surface area contributed by atoms with E-state index in [-0.39, 0.29) is 5.78 Å². The third-order valence-corrected chi connectivity index (χ3v) is 3.99. The highest BCUT2D eigenvalue weighted by atomic mass is 16.5. The predicted molar refractivity (Wildman–Crippen MR) is 72.9 cm³/mol. The average Bonchev–Trinajstić information content (AvgIpc) is 2.66. The molecule has 0 heterocycles. The Kier molecular flexibility index (Phi) is 6.49. The van der Waals surface area contributed by atoms with Crippen molar-refractivity contribution in [3.05, 3.63) is 0 Å². The maximum atomic E-state index is 12.8. The molecule has 1 saturated carbocycles. The van der Waals surface area contributed by atoms with E-state index in [0.717, 1.165) is 38.5 Å². The summed E-state index contributed by atoms with van der Waals surface area (Å²) in [5, 5.41) is 0. The van der Waals surface area contributed by atoms with Gasteiger partial charge in [0.15, 0.2) is 5.78 Å². The Balaban J connectivity index is 2.95. The van der Waals surface area contributed by atoms with Gasteiger partial charge in [-0.3, -0.25) is 9.59 Å². The van der Waals surface area contributed by atoms with E-state index in [1.54, 1.807) is 0 Å². The number of esters is 1. The number of carbonyl (C=O) groups excluding carboxylic acids is 2. The SMILES string of the molecule is CCOC1(C(=O)C(CC)C(=O)OC)CCCCCC1. The van der Waals surface area contributed by atoms with Crippen molar-refractivity contribution >= 4 is 11.8 Å². The van der Waals surface area contributed by atoms with E-state index in [2.05, 4.69) is 0 Å². The number of hydrogen-bond donors (Lipinski definition) is 0. The van der Waals surface area contributed by atoms with Crippen LogP contribution in [0, 0.1) is 5.92 Å². The summed E-state index contributed by atoms with van der Waals surface area (Å²) in [5.41, 5.74) is -0.764. The highest BCUT2D eigenvalue weighted by molar-refractivity contribution is 6.03. The summed E-state index contributed by atoms with van der Waals surface area (Å²) in [6.45, 7) is 4.25. The lowest BCUT2D eigenvalue weighted by Crippen LogP contribution is -2.47. The number of Topliss-reactive ketones (excluding diaryl/α,β-unsaturated/α-hetero) is 1. The van der Waals surface area contributed by atoms with Gasteiger partial charge in [-0.25, -0.2) is 0 Å². The van der Waals surface area contributed by atoms with E-state index in [0.29, 0.717) is 13.0 Å². The van der Waals surface area contributed by atoms with Gasteiger partial charge in [0.05, 0.1) is 7.11 Å². The van der Waals surface area contributed by atoms with Crippen LogP contribution in [0.15, 0.2) is 0 Å². The Morgan fingerprint density at radius 2 is 1.68 bits per heavy atom. The molecule has 4 nitrogen and oxygen atoms in total. The fourth-order valence-electron chi connectivity index (χ4n) is 2.96. The Morgan fingerprint density at radius 3 is 2.11 bits per heavy atom. The number of ketones is 1. The Hall–Kier alpha value is -0.900. The Morgan fingerprint density at radius 1 is 1.11 bits per heavy atom. The van der Waals surface area contributed by atoms with Crippen LogP contribution < -0.4 is 0 Å². The number of ether oxygens (including phenoxy) is 2. The molecule has 0 aromatic rings. The van der Waals surface area contributed by atoms with E-state index in [9.17, 15) is 9.59 Å². The molecule has 0 N–H and O–H groups in total. The molecule has 1 atom stereocenters. The van der Waals surface area contributed by atoms with Crippen molar-refractivity contribution in [2.24, 2.45) is 5.92 Å². The lowest BCUT2D eigenvalue weighted by molar-refractivity contribution is -0.161. The lowest BCUT2D eigenvalue weighted by Gasteiger charge is -2.33. The van der Waals surface area contributed by atoms with Gasteiger partial charge in [0, 0.05) is 6.61 Å². The summed E-state index contributed by atoms with van der Waals surface area (Å²) in [4.78, 5) is 24.5. The van der Waals surface area contributed by atoms with E-state index in [4.69, 9.17) is 9.47 Å². The van der Waals surface area contributed by atoms with E-state index >= 15 is 0 Å². The molecule has 0 aliphatic heterocycles. The summed E-state index contributed by atoms with van der Waals surface area (Å²) in [7, 11) is 1.33. The summed E-state index contributed by atoms with van der Waals surface area (Å²) in [5.74, 6) is -1.20. The first-order valence-corrected chi connectivity index (χ1v) is 7.37. The number of carbonyl (C=O) groups is 2. The molecular weight excluding hydrogens is 244 g/mol. The quantitative estimate of drug-likeness (QED) is 0.423. The molecule has 0 aromatic heterocycles. The van der Waals surface area contributed by atoms with E-state index < -0.39 is 17.5 Å². The zero-order valence-corrected chi connectivity index (χ0v) is 12.4. The molecule has 0 bridgehead atoms. The van der Waals surface area contributed by atoms with Crippen molar-refractivity contribution in [2.75, 3.05) is 13.7 Å². The molecular formula is C15H26O4. The molecule has 1 aliphatic rings. The zero-order chi connectivity index (χ0) is 14.3. The average molecular weight is 270 g/mol.